The molecule has 2 heterocycles. The minimum Gasteiger partial charge on any atom is -0.354 e. The zero-order chi connectivity index (χ0) is 24.2. The first kappa shape index (κ1) is 23.9. The third-order valence-corrected chi connectivity index (χ3v) is 6.18. The smallest absolute Gasteiger partial charge is 0.264 e. The van der Waals surface area contributed by atoms with Crippen molar-refractivity contribution in [3.05, 3.63) is 91.3 Å². The SMILES string of the molecule is Cc1cc(C)n(CC(=O)NCCc2ccc(Cl)cc2)c(=O)c1-c1nc(-c2ccc(Br)cc2)no1. The van der Waals surface area contributed by atoms with Gasteiger partial charge in [0, 0.05) is 27.3 Å². The highest BCUT2D eigenvalue weighted by Crippen LogP contribution is 2.24. The van der Waals surface area contributed by atoms with E-state index >= 15 is 0 Å². The Morgan fingerprint density at radius 2 is 1.82 bits per heavy atom. The molecular formula is C25H22BrClN4O3. The molecule has 174 valence electrons. The number of rotatable bonds is 7. The van der Waals surface area contributed by atoms with Crippen LogP contribution in [0.5, 0.6) is 0 Å². The van der Waals surface area contributed by atoms with E-state index in [9.17, 15) is 9.59 Å². The molecule has 9 heteroatoms. The van der Waals surface area contributed by atoms with Crippen molar-refractivity contribution in [3.8, 4) is 22.8 Å². The number of aromatic nitrogens is 3. The van der Waals surface area contributed by atoms with Gasteiger partial charge in [-0.1, -0.05) is 44.8 Å². The number of nitrogens with zero attached hydrogens (tertiary/aromatic N) is 3. The standard InChI is InChI=1S/C25H22BrClN4O3/c1-15-13-16(2)31(14-21(32)28-12-11-17-3-9-20(27)10-4-17)25(33)22(15)24-29-23(30-34-24)18-5-7-19(26)8-6-18/h3-10,13H,11-12,14H2,1-2H3,(H,28,32). The summed E-state index contributed by atoms with van der Waals surface area (Å²) in [5.41, 5.74) is 3.14. The van der Waals surface area contributed by atoms with Gasteiger partial charge in [-0.2, -0.15) is 4.98 Å². The minimum atomic E-state index is -0.351. The summed E-state index contributed by atoms with van der Waals surface area (Å²) in [6.45, 7) is 3.95. The molecule has 0 aliphatic heterocycles. The molecule has 0 atom stereocenters. The van der Waals surface area contributed by atoms with Gasteiger partial charge in [0.05, 0.1) is 0 Å². The second kappa shape index (κ2) is 10.4. The van der Waals surface area contributed by atoms with E-state index in [1.165, 1.54) is 4.57 Å². The van der Waals surface area contributed by atoms with Crippen LogP contribution in [0.1, 0.15) is 16.8 Å². The van der Waals surface area contributed by atoms with E-state index < -0.39 is 0 Å². The van der Waals surface area contributed by atoms with Crippen LogP contribution in [0.4, 0.5) is 0 Å². The number of hydrogen-bond acceptors (Lipinski definition) is 5. The van der Waals surface area contributed by atoms with E-state index in [-0.39, 0.29) is 29.5 Å². The Labute approximate surface area is 209 Å². The van der Waals surface area contributed by atoms with Gasteiger partial charge in [0.2, 0.25) is 11.7 Å². The zero-order valence-corrected chi connectivity index (χ0v) is 21.0. The van der Waals surface area contributed by atoms with Gasteiger partial charge >= 0.3 is 0 Å². The first-order chi connectivity index (χ1) is 16.3. The van der Waals surface area contributed by atoms with Crippen LogP contribution in [-0.2, 0) is 17.8 Å². The normalized spacial score (nSPS) is 10.9. The third kappa shape index (κ3) is 5.46. The molecule has 0 bridgehead atoms. The van der Waals surface area contributed by atoms with Crippen molar-refractivity contribution in [2.75, 3.05) is 6.54 Å². The van der Waals surface area contributed by atoms with Gasteiger partial charge in [-0.15, -0.1) is 0 Å². The second-order valence-corrected chi connectivity index (χ2v) is 9.24. The van der Waals surface area contributed by atoms with Crippen LogP contribution in [0, 0.1) is 13.8 Å². The van der Waals surface area contributed by atoms with Crippen molar-refractivity contribution < 1.29 is 9.32 Å². The maximum absolute atomic E-state index is 13.3. The number of carbonyl (C=O) groups is 1. The fourth-order valence-corrected chi connectivity index (χ4v) is 4.01. The van der Waals surface area contributed by atoms with Crippen LogP contribution in [0.15, 0.2) is 68.4 Å². The lowest BCUT2D eigenvalue weighted by Gasteiger charge is -2.13. The average Bonchev–Trinajstić information content (AvgIpc) is 3.28. The second-order valence-electron chi connectivity index (χ2n) is 7.89. The Balaban J connectivity index is 1.51. The van der Waals surface area contributed by atoms with E-state index in [1.54, 1.807) is 6.92 Å². The van der Waals surface area contributed by atoms with Crippen LogP contribution in [0.2, 0.25) is 5.02 Å². The first-order valence-electron chi connectivity index (χ1n) is 10.6. The number of hydrogen-bond donors (Lipinski definition) is 1. The molecule has 0 unspecified atom stereocenters. The number of halogens is 2. The molecule has 34 heavy (non-hydrogen) atoms. The van der Waals surface area contributed by atoms with Crippen molar-refractivity contribution in [3.63, 3.8) is 0 Å². The summed E-state index contributed by atoms with van der Waals surface area (Å²) in [5, 5.41) is 7.56. The minimum absolute atomic E-state index is 0.105. The van der Waals surface area contributed by atoms with Crippen molar-refractivity contribution >= 4 is 33.4 Å². The average molecular weight is 542 g/mol. The third-order valence-electron chi connectivity index (χ3n) is 5.40. The predicted molar refractivity (Wildman–Crippen MR) is 135 cm³/mol. The molecule has 2 aromatic carbocycles. The van der Waals surface area contributed by atoms with Crippen molar-refractivity contribution in [2.45, 2.75) is 26.8 Å². The summed E-state index contributed by atoms with van der Waals surface area (Å²) in [7, 11) is 0. The molecule has 0 aliphatic rings. The van der Waals surface area contributed by atoms with Gasteiger partial charge in [0.1, 0.15) is 12.1 Å². The highest BCUT2D eigenvalue weighted by molar-refractivity contribution is 9.10. The Hall–Kier alpha value is -3.23. The van der Waals surface area contributed by atoms with E-state index in [4.69, 9.17) is 16.1 Å². The monoisotopic (exact) mass is 540 g/mol. The number of amides is 1. The van der Waals surface area contributed by atoms with E-state index in [0.717, 1.165) is 15.6 Å². The maximum atomic E-state index is 13.3. The van der Waals surface area contributed by atoms with Crippen LogP contribution in [-0.4, -0.2) is 27.2 Å². The molecule has 4 rings (SSSR count). The molecule has 0 saturated carbocycles. The fourth-order valence-electron chi connectivity index (χ4n) is 3.62. The van der Waals surface area contributed by atoms with Gasteiger partial charge < -0.3 is 14.4 Å². The number of pyridine rings is 1. The maximum Gasteiger partial charge on any atom is 0.264 e. The van der Waals surface area contributed by atoms with Crippen molar-refractivity contribution in [2.24, 2.45) is 0 Å². The molecule has 1 amide bonds. The van der Waals surface area contributed by atoms with Crippen LogP contribution >= 0.6 is 27.5 Å². The first-order valence-corrected chi connectivity index (χ1v) is 11.8. The number of nitrogens with one attached hydrogen (secondary N) is 1. The van der Waals surface area contributed by atoms with Gasteiger partial charge in [-0.25, -0.2) is 0 Å². The summed E-state index contributed by atoms with van der Waals surface area (Å²) in [6, 6.07) is 16.8. The summed E-state index contributed by atoms with van der Waals surface area (Å²) < 4.78 is 7.78. The summed E-state index contributed by atoms with van der Waals surface area (Å²) in [5.74, 6) is 0.251. The molecule has 2 aromatic heterocycles. The predicted octanol–water partition coefficient (Wildman–Crippen LogP) is 4.96. The van der Waals surface area contributed by atoms with Crippen molar-refractivity contribution in [1.29, 1.82) is 0 Å². The summed E-state index contributed by atoms with van der Waals surface area (Å²) in [4.78, 5) is 30.3. The quantitative estimate of drug-likeness (QED) is 0.357. The molecule has 0 spiro atoms. The van der Waals surface area contributed by atoms with Crippen molar-refractivity contribution in [1.82, 2.24) is 20.0 Å². The van der Waals surface area contributed by atoms with Gasteiger partial charge in [-0.05, 0) is 73.9 Å². The largest absolute Gasteiger partial charge is 0.354 e. The Morgan fingerprint density at radius 3 is 2.53 bits per heavy atom. The molecule has 0 aliphatic carbocycles. The van der Waals surface area contributed by atoms with Crippen LogP contribution < -0.4 is 10.9 Å². The molecular weight excluding hydrogens is 520 g/mol. The molecule has 0 saturated heterocycles. The Kier molecular flexibility index (Phi) is 7.29. The Morgan fingerprint density at radius 1 is 1.12 bits per heavy atom. The molecule has 7 nitrogen and oxygen atoms in total. The van der Waals surface area contributed by atoms with E-state index in [0.29, 0.717) is 35.1 Å². The lowest BCUT2D eigenvalue weighted by atomic mass is 10.1. The Bertz CT molecular complexity index is 1380. The number of carbonyl (C=O) groups excluding carboxylic acids is 1. The van der Waals surface area contributed by atoms with Crippen LogP contribution in [0.25, 0.3) is 22.8 Å². The zero-order valence-electron chi connectivity index (χ0n) is 18.6. The molecule has 1 N–H and O–H groups in total. The lowest BCUT2D eigenvalue weighted by Crippen LogP contribution is -2.35. The van der Waals surface area contributed by atoms with E-state index in [1.807, 2.05) is 61.5 Å². The summed E-state index contributed by atoms with van der Waals surface area (Å²) in [6.07, 6.45) is 0.663. The van der Waals surface area contributed by atoms with Gasteiger partial charge in [-0.3, -0.25) is 9.59 Å². The van der Waals surface area contributed by atoms with E-state index in [2.05, 4.69) is 31.4 Å². The highest BCUT2D eigenvalue weighted by atomic mass is 79.9. The fraction of sp³-hybridized carbons (Fsp3) is 0.200. The lowest BCUT2D eigenvalue weighted by molar-refractivity contribution is -0.121. The topological polar surface area (TPSA) is 90.0 Å². The highest BCUT2D eigenvalue weighted by Gasteiger charge is 2.20. The molecule has 0 radical (unpaired) electrons. The van der Waals surface area contributed by atoms with Gasteiger partial charge in [0.25, 0.3) is 11.4 Å². The molecule has 4 aromatic rings. The van der Waals surface area contributed by atoms with Gasteiger partial charge in [0.15, 0.2) is 0 Å². The number of aryl methyl sites for hydroxylation is 2. The molecule has 0 fully saturated rings. The van der Waals surface area contributed by atoms with Crippen LogP contribution in [0.3, 0.4) is 0 Å². The number of benzene rings is 2. The summed E-state index contributed by atoms with van der Waals surface area (Å²) >= 11 is 9.30.